The Morgan fingerprint density at radius 1 is 1.26 bits per heavy atom. The summed E-state index contributed by atoms with van der Waals surface area (Å²) in [5.41, 5.74) is 2.15. The highest BCUT2D eigenvalue weighted by Crippen LogP contribution is 2.30. The summed E-state index contributed by atoms with van der Waals surface area (Å²) in [5, 5.41) is 3.47. The second kappa shape index (κ2) is 5.71. The van der Waals surface area contributed by atoms with E-state index in [-0.39, 0.29) is 17.5 Å². The quantitative estimate of drug-likeness (QED) is 0.913. The van der Waals surface area contributed by atoms with E-state index in [0.29, 0.717) is 12.8 Å². The van der Waals surface area contributed by atoms with Gasteiger partial charge in [0.05, 0.1) is 22.9 Å². The Morgan fingerprint density at radius 2 is 1.89 bits per heavy atom. The van der Waals surface area contributed by atoms with Crippen molar-refractivity contribution in [1.82, 2.24) is 0 Å². The Hall–Kier alpha value is -0.750. The standard InChI is InChI=1S/C13H19BrN2O2S/c1-16(2)13-4-3-10(14)9-12(13)15-11-5-7-19(17,18)8-6-11/h3-4,9,11,15H,5-8H2,1-2H3. The van der Waals surface area contributed by atoms with Gasteiger partial charge in [0, 0.05) is 24.6 Å². The van der Waals surface area contributed by atoms with Crippen molar-refractivity contribution >= 4 is 37.1 Å². The van der Waals surface area contributed by atoms with Gasteiger partial charge in [-0.2, -0.15) is 0 Å². The number of nitrogens with zero attached hydrogens (tertiary/aromatic N) is 1. The third-order valence-electron chi connectivity index (χ3n) is 3.35. The molecule has 1 N–H and O–H groups in total. The molecule has 0 bridgehead atoms. The van der Waals surface area contributed by atoms with Crippen LogP contribution in [0.2, 0.25) is 0 Å². The van der Waals surface area contributed by atoms with E-state index in [1.807, 2.05) is 37.2 Å². The average molecular weight is 347 g/mol. The third-order valence-corrected chi connectivity index (χ3v) is 5.56. The number of rotatable bonds is 3. The van der Waals surface area contributed by atoms with Crippen LogP contribution in [0.25, 0.3) is 0 Å². The molecule has 0 amide bonds. The van der Waals surface area contributed by atoms with Gasteiger partial charge in [0.15, 0.2) is 0 Å². The summed E-state index contributed by atoms with van der Waals surface area (Å²) < 4.78 is 23.9. The van der Waals surface area contributed by atoms with Gasteiger partial charge in [0.2, 0.25) is 0 Å². The molecule has 0 atom stereocenters. The molecule has 0 saturated carbocycles. The summed E-state index contributed by atoms with van der Waals surface area (Å²) in [4.78, 5) is 2.05. The number of sulfone groups is 1. The minimum atomic E-state index is -2.80. The lowest BCUT2D eigenvalue weighted by Crippen LogP contribution is -2.32. The lowest BCUT2D eigenvalue weighted by atomic mass is 10.1. The Morgan fingerprint density at radius 3 is 2.47 bits per heavy atom. The smallest absolute Gasteiger partial charge is 0.150 e. The first-order valence-corrected chi connectivity index (χ1v) is 8.93. The number of benzene rings is 1. The number of anilines is 2. The van der Waals surface area contributed by atoms with Crippen LogP contribution >= 0.6 is 15.9 Å². The minimum absolute atomic E-state index is 0.233. The monoisotopic (exact) mass is 346 g/mol. The van der Waals surface area contributed by atoms with Gasteiger partial charge in [-0.1, -0.05) is 15.9 Å². The molecule has 1 aliphatic rings. The van der Waals surface area contributed by atoms with E-state index in [1.165, 1.54) is 0 Å². The first kappa shape index (κ1) is 14.7. The fourth-order valence-electron chi connectivity index (χ4n) is 2.27. The molecule has 1 aliphatic heterocycles. The summed E-state index contributed by atoms with van der Waals surface area (Å²) in [6.07, 6.45) is 1.36. The van der Waals surface area contributed by atoms with E-state index in [4.69, 9.17) is 0 Å². The van der Waals surface area contributed by atoms with Gasteiger partial charge in [0.25, 0.3) is 0 Å². The van der Waals surface area contributed by atoms with Crippen molar-refractivity contribution in [3.05, 3.63) is 22.7 Å². The largest absolute Gasteiger partial charge is 0.381 e. The summed E-state index contributed by atoms with van der Waals surface area (Å²) in [6.45, 7) is 0. The zero-order chi connectivity index (χ0) is 14.0. The SMILES string of the molecule is CN(C)c1ccc(Br)cc1NC1CCS(=O)(=O)CC1. The van der Waals surface area contributed by atoms with E-state index in [2.05, 4.69) is 21.2 Å². The molecule has 2 rings (SSSR count). The summed E-state index contributed by atoms with van der Waals surface area (Å²) in [6, 6.07) is 6.33. The number of hydrogen-bond acceptors (Lipinski definition) is 4. The zero-order valence-electron chi connectivity index (χ0n) is 11.2. The second-order valence-electron chi connectivity index (χ2n) is 5.13. The van der Waals surface area contributed by atoms with Crippen molar-refractivity contribution in [2.75, 3.05) is 35.8 Å². The summed E-state index contributed by atoms with van der Waals surface area (Å²) >= 11 is 3.47. The van der Waals surface area contributed by atoms with Gasteiger partial charge in [0.1, 0.15) is 9.84 Å². The van der Waals surface area contributed by atoms with Crippen molar-refractivity contribution in [3.63, 3.8) is 0 Å². The molecule has 4 nitrogen and oxygen atoms in total. The highest BCUT2D eigenvalue weighted by atomic mass is 79.9. The Kier molecular flexibility index (Phi) is 4.40. The van der Waals surface area contributed by atoms with Gasteiger partial charge >= 0.3 is 0 Å². The Labute approximate surface area is 123 Å². The number of halogens is 1. The fraction of sp³-hybridized carbons (Fsp3) is 0.538. The van der Waals surface area contributed by atoms with E-state index >= 15 is 0 Å². The summed E-state index contributed by atoms with van der Waals surface area (Å²) in [5.74, 6) is 0.575. The fourth-order valence-corrected chi connectivity index (χ4v) is 4.12. The Balaban J connectivity index is 2.13. The summed E-state index contributed by atoms with van der Waals surface area (Å²) in [7, 11) is 1.20. The third kappa shape index (κ3) is 3.86. The molecule has 1 fully saturated rings. The van der Waals surface area contributed by atoms with E-state index < -0.39 is 9.84 Å². The van der Waals surface area contributed by atoms with Crippen molar-refractivity contribution in [3.8, 4) is 0 Å². The maximum absolute atomic E-state index is 11.4. The first-order valence-electron chi connectivity index (χ1n) is 6.31. The van der Waals surface area contributed by atoms with Crippen LogP contribution in [0.5, 0.6) is 0 Å². The molecule has 0 aliphatic carbocycles. The second-order valence-corrected chi connectivity index (χ2v) is 8.35. The maximum Gasteiger partial charge on any atom is 0.150 e. The molecular formula is C13H19BrN2O2S. The molecule has 1 aromatic carbocycles. The molecule has 0 spiro atoms. The molecule has 1 heterocycles. The lowest BCUT2D eigenvalue weighted by Gasteiger charge is -2.27. The normalized spacial score (nSPS) is 19.1. The van der Waals surface area contributed by atoms with Crippen LogP contribution < -0.4 is 10.2 Å². The molecule has 6 heteroatoms. The van der Waals surface area contributed by atoms with Crippen molar-refractivity contribution < 1.29 is 8.42 Å². The van der Waals surface area contributed by atoms with Crippen molar-refractivity contribution in [2.24, 2.45) is 0 Å². The molecule has 0 unspecified atom stereocenters. The predicted molar refractivity (Wildman–Crippen MR) is 83.8 cm³/mol. The average Bonchev–Trinajstić information content (AvgIpc) is 2.31. The van der Waals surface area contributed by atoms with E-state index in [1.54, 1.807) is 0 Å². The molecule has 19 heavy (non-hydrogen) atoms. The molecule has 1 saturated heterocycles. The van der Waals surface area contributed by atoms with Crippen LogP contribution in [0.4, 0.5) is 11.4 Å². The molecular weight excluding hydrogens is 328 g/mol. The van der Waals surface area contributed by atoms with Crippen LogP contribution in [0, 0.1) is 0 Å². The van der Waals surface area contributed by atoms with E-state index in [0.717, 1.165) is 15.8 Å². The molecule has 0 radical (unpaired) electrons. The molecule has 0 aromatic heterocycles. The maximum atomic E-state index is 11.4. The van der Waals surface area contributed by atoms with Gasteiger partial charge in [-0.25, -0.2) is 8.42 Å². The van der Waals surface area contributed by atoms with Gasteiger partial charge < -0.3 is 10.2 Å². The zero-order valence-corrected chi connectivity index (χ0v) is 13.6. The first-order chi connectivity index (χ1) is 8.87. The van der Waals surface area contributed by atoms with Crippen LogP contribution in [-0.2, 0) is 9.84 Å². The molecule has 106 valence electrons. The lowest BCUT2D eigenvalue weighted by molar-refractivity contribution is 0.559. The molecule has 1 aromatic rings. The highest BCUT2D eigenvalue weighted by Gasteiger charge is 2.24. The van der Waals surface area contributed by atoms with Crippen LogP contribution in [0.3, 0.4) is 0 Å². The van der Waals surface area contributed by atoms with Crippen LogP contribution in [0.15, 0.2) is 22.7 Å². The number of nitrogens with one attached hydrogen (secondary N) is 1. The van der Waals surface area contributed by atoms with Crippen molar-refractivity contribution in [2.45, 2.75) is 18.9 Å². The van der Waals surface area contributed by atoms with Gasteiger partial charge in [-0.3, -0.25) is 0 Å². The number of hydrogen-bond donors (Lipinski definition) is 1. The topological polar surface area (TPSA) is 49.4 Å². The predicted octanol–water partition coefficient (Wildman–Crippen LogP) is 2.50. The van der Waals surface area contributed by atoms with Gasteiger partial charge in [-0.05, 0) is 31.0 Å². The van der Waals surface area contributed by atoms with E-state index in [9.17, 15) is 8.42 Å². The van der Waals surface area contributed by atoms with Crippen LogP contribution in [-0.4, -0.2) is 40.1 Å². The minimum Gasteiger partial charge on any atom is -0.381 e. The van der Waals surface area contributed by atoms with Gasteiger partial charge in [-0.15, -0.1) is 0 Å². The Bertz CT molecular complexity index is 544. The van der Waals surface area contributed by atoms with Crippen molar-refractivity contribution in [1.29, 1.82) is 0 Å². The highest BCUT2D eigenvalue weighted by molar-refractivity contribution is 9.10. The van der Waals surface area contributed by atoms with Crippen LogP contribution in [0.1, 0.15) is 12.8 Å².